The first-order valence-electron chi connectivity index (χ1n) is 12.1. The van der Waals surface area contributed by atoms with Gasteiger partial charge in [0, 0.05) is 23.6 Å². The molecule has 1 aliphatic heterocycles. The number of benzene rings is 4. The molecule has 4 aromatic carbocycles. The van der Waals surface area contributed by atoms with Gasteiger partial charge in [0.2, 0.25) is 6.29 Å². The maximum Gasteiger partial charge on any atom is 0.228 e. The molecule has 182 valence electrons. The zero-order valence-corrected chi connectivity index (χ0v) is 20.2. The molecule has 0 spiro atoms. The summed E-state index contributed by atoms with van der Waals surface area (Å²) in [6.45, 7) is 0.354. The van der Waals surface area contributed by atoms with Crippen LogP contribution in [-0.2, 0) is 16.1 Å². The molecule has 0 N–H and O–H groups in total. The number of para-hydroxylation sites is 1. The van der Waals surface area contributed by atoms with E-state index >= 15 is 0 Å². The monoisotopic (exact) mass is 489 g/mol. The number of hydrogen-bond acceptors (Lipinski definition) is 4. The number of ether oxygens (including phenoxy) is 3. The van der Waals surface area contributed by atoms with Crippen LogP contribution < -0.4 is 4.74 Å². The topological polar surface area (TPSA) is 40.6 Å². The molecule has 5 heteroatoms. The van der Waals surface area contributed by atoms with Crippen molar-refractivity contribution >= 4 is 22.2 Å². The van der Waals surface area contributed by atoms with Gasteiger partial charge in [0.15, 0.2) is 0 Å². The summed E-state index contributed by atoms with van der Waals surface area (Å²) in [6, 6.07) is 34.3. The highest BCUT2D eigenvalue weighted by molar-refractivity contribution is 5.98. The maximum atomic E-state index is 13.2. The molecule has 0 amide bonds. The Bertz CT molecular complexity index is 1580. The second kappa shape index (κ2) is 9.88. The average Bonchev–Trinajstić information content (AvgIpc) is 2.96. The molecule has 0 saturated heterocycles. The lowest BCUT2D eigenvalue weighted by Gasteiger charge is -2.30. The van der Waals surface area contributed by atoms with Gasteiger partial charge >= 0.3 is 0 Å². The molecule has 0 aliphatic carbocycles. The highest BCUT2D eigenvalue weighted by Gasteiger charge is 2.31. The number of methoxy groups -OCH3 is 1. The third-order valence-electron chi connectivity index (χ3n) is 6.41. The van der Waals surface area contributed by atoms with E-state index in [0.29, 0.717) is 18.1 Å². The van der Waals surface area contributed by atoms with Gasteiger partial charge in [0.05, 0.1) is 16.8 Å². The largest absolute Gasteiger partial charge is 0.489 e. The maximum absolute atomic E-state index is 13.2. The van der Waals surface area contributed by atoms with E-state index < -0.39 is 6.29 Å². The van der Waals surface area contributed by atoms with Gasteiger partial charge in [-0.05, 0) is 47.5 Å². The van der Waals surface area contributed by atoms with E-state index in [1.165, 1.54) is 12.1 Å². The average molecular weight is 490 g/mol. The number of halogens is 1. The third-order valence-corrected chi connectivity index (χ3v) is 6.41. The molecule has 2 heterocycles. The van der Waals surface area contributed by atoms with E-state index in [9.17, 15) is 4.39 Å². The van der Waals surface area contributed by atoms with Crippen LogP contribution in [-0.4, -0.2) is 12.1 Å². The van der Waals surface area contributed by atoms with E-state index in [1.54, 1.807) is 19.2 Å². The lowest BCUT2D eigenvalue weighted by atomic mass is 9.91. The second-order valence-electron chi connectivity index (χ2n) is 8.81. The molecule has 6 rings (SSSR count). The minimum Gasteiger partial charge on any atom is -0.489 e. The highest BCUT2D eigenvalue weighted by Crippen LogP contribution is 2.44. The minimum atomic E-state index is -0.579. The summed E-state index contributed by atoms with van der Waals surface area (Å²) in [4.78, 5) is 5.07. The quantitative estimate of drug-likeness (QED) is 0.247. The van der Waals surface area contributed by atoms with E-state index in [4.69, 9.17) is 19.2 Å². The van der Waals surface area contributed by atoms with E-state index in [1.807, 2.05) is 78.9 Å². The van der Waals surface area contributed by atoms with Crippen LogP contribution in [0.15, 0.2) is 109 Å². The second-order valence-corrected chi connectivity index (χ2v) is 8.81. The van der Waals surface area contributed by atoms with Gasteiger partial charge in [-0.15, -0.1) is 0 Å². The van der Waals surface area contributed by atoms with Crippen molar-refractivity contribution in [2.45, 2.75) is 12.9 Å². The van der Waals surface area contributed by atoms with Gasteiger partial charge in [-0.1, -0.05) is 72.8 Å². The van der Waals surface area contributed by atoms with Crippen LogP contribution in [0.3, 0.4) is 0 Å². The van der Waals surface area contributed by atoms with Crippen LogP contribution in [0.5, 0.6) is 5.75 Å². The molecule has 0 fully saturated rings. The summed E-state index contributed by atoms with van der Waals surface area (Å²) >= 11 is 0. The first-order chi connectivity index (χ1) is 18.2. The van der Waals surface area contributed by atoms with Gasteiger partial charge in [-0.2, -0.15) is 0 Å². The van der Waals surface area contributed by atoms with Gasteiger partial charge in [0.1, 0.15) is 23.9 Å². The molecule has 0 unspecified atom stereocenters. The van der Waals surface area contributed by atoms with Gasteiger partial charge in [-0.25, -0.2) is 9.37 Å². The Morgan fingerprint density at radius 3 is 2.30 bits per heavy atom. The third kappa shape index (κ3) is 4.57. The van der Waals surface area contributed by atoms with E-state index in [2.05, 4.69) is 6.07 Å². The minimum absolute atomic E-state index is 0.261. The summed E-state index contributed by atoms with van der Waals surface area (Å²) in [7, 11) is 1.64. The Morgan fingerprint density at radius 2 is 1.54 bits per heavy atom. The van der Waals surface area contributed by atoms with Crippen LogP contribution in [0.1, 0.15) is 34.2 Å². The Labute approximate surface area is 214 Å². The number of rotatable bonds is 6. The molecule has 1 aliphatic rings. The van der Waals surface area contributed by atoms with Crippen LogP contribution >= 0.6 is 0 Å². The standard InChI is InChI=1S/C32H24FNO3/c1-35-32-27-19-24-9-5-6-10-28(24)34-30(27)29(31(37-32)23-7-3-2-4-8-23)22-13-17-26(18-14-22)36-20-21-11-15-25(33)16-12-21/h2-19,32H,20H2,1H3/t32-/m1/s1. The normalized spacial score (nSPS) is 14.8. The fourth-order valence-electron chi connectivity index (χ4n) is 4.56. The van der Waals surface area contributed by atoms with Crippen molar-refractivity contribution in [2.24, 2.45) is 0 Å². The molecule has 37 heavy (non-hydrogen) atoms. The van der Waals surface area contributed by atoms with E-state index in [0.717, 1.165) is 44.4 Å². The highest BCUT2D eigenvalue weighted by atomic mass is 19.1. The van der Waals surface area contributed by atoms with Gasteiger partial charge in [0.25, 0.3) is 0 Å². The summed E-state index contributed by atoms with van der Waals surface area (Å²) in [5.41, 5.74) is 6.30. The molecule has 0 radical (unpaired) electrons. The molecule has 5 aromatic rings. The Hall–Kier alpha value is -4.48. The van der Waals surface area contributed by atoms with Crippen molar-refractivity contribution in [1.29, 1.82) is 0 Å². The molecule has 0 saturated carbocycles. The van der Waals surface area contributed by atoms with Crippen molar-refractivity contribution in [2.75, 3.05) is 7.11 Å². The fourth-order valence-corrected chi connectivity index (χ4v) is 4.56. The van der Waals surface area contributed by atoms with Gasteiger partial charge < -0.3 is 14.2 Å². The van der Waals surface area contributed by atoms with Crippen molar-refractivity contribution in [1.82, 2.24) is 4.98 Å². The Kier molecular flexibility index (Phi) is 6.13. The fraction of sp³-hybridized carbons (Fsp3) is 0.0938. The predicted molar refractivity (Wildman–Crippen MR) is 142 cm³/mol. The summed E-state index contributed by atoms with van der Waals surface area (Å²) in [6.07, 6.45) is -0.579. The summed E-state index contributed by atoms with van der Waals surface area (Å²) in [5.74, 6) is 1.17. The number of hydrogen-bond donors (Lipinski definition) is 0. The van der Waals surface area contributed by atoms with Crippen LogP contribution in [0.2, 0.25) is 0 Å². The lowest BCUT2D eigenvalue weighted by Crippen LogP contribution is -2.17. The van der Waals surface area contributed by atoms with Crippen molar-refractivity contribution in [3.63, 3.8) is 0 Å². The zero-order valence-electron chi connectivity index (χ0n) is 20.2. The Balaban J connectivity index is 1.43. The summed E-state index contributed by atoms with van der Waals surface area (Å²) in [5, 5.41) is 1.03. The molecule has 1 aromatic heterocycles. The van der Waals surface area contributed by atoms with Crippen molar-refractivity contribution in [3.8, 4) is 5.75 Å². The first kappa shape index (κ1) is 23.0. The number of pyridine rings is 1. The molecule has 4 nitrogen and oxygen atoms in total. The van der Waals surface area contributed by atoms with E-state index in [-0.39, 0.29) is 5.82 Å². The molecule has 1 atom stereocenters. The predicted octanol–water partition coefficient (Wildman–Crippen LogP) is 7.54. The summed E-state index contributed by atoms with van der Waals surface area (Å²) < 4.78 is 31.4. The lowest BCUT2D eigenvalue weighted by molar-refractivity contribution is -0.0771. The molecular weight excluding hydrogens is 465 g/mol. The molecular formula is C32H24FNO3. The van der Waals surface area contributed by atoms with Crippen LogP contribution in [0.25, 0.3) is 22.2 Å². The number of nitrogens with zero attached hydrogens (tertiary/aromatic N) is 1. The first-order valence-corrected chi connectivity index (χ1v) is 12.1. The number of fused-ring (bicyclic) bond motifs is 2. The van der Waals surface area contributed by atoms with Crippen LogP contribution in [0, 0.1) is 5.82 Å². The van der Waals surface area contributed by atoms with Crippen molar-refractivity contribution < 1.29 is 18.6 Å². The Morgan fingerprint density at radius 1 is 0.811 bits per heavy atom. The SMILES string of the molecule is CO[C@@H]1OC(c2ccccc2)=C(c2ccc(OCc3ccc(F)cc3)cc2)c2nc3ccccc3cc21. The molecule has 0 bridgehead atoms. The zero-order chi connectivity index (χ0) is 25.2. The number of aromatic nitrogens is 1. The van der Waals surface area contributed by atoms with Crippen LogP contribution in [0.4, 0.5) is 4.39 Å². The van der Waals surface area contributed by atoms with Gasteiger partial charge in [-0.3, -0.25) is 0 Å². The van der Waals surface area contributed by atoms with Crippen molar-refractivity contribution in [3.05, 3.63) is 143 Å². The smallest absolute Gasteiger partial charge is 0.228 e.